The first-order valence-corrected chi connectivity index (χ1v) is 7.85. The smallest absolute Gasteiger partial charge is 0.310 e. The van der Waals surface area contributed by atoms with E-state index < -0.39 is 17.3 Å². The van der Waals surface area contributed by atoms with E-state index in [1.807, 2.05) is 6.92 Å². The minimum atomic E-state index is -1.13. The zero-order valence-electron chi connectivity index (χ0n) is 14.6. The average Bonchev–Trinajstić information content (AvgIpc) is 2.56. The second-order valence-corrected chi connectivity index (χ2v) is 6.12. The van der Waals surface area contributed by atoms with E-state index in [1.165, 1.54) is 32.3 Å². The quantitative estimate of drug-likeness (QED) is 0.524. The first-order chi connectivity index (χ1) is 11.7. The van der Waals surface area contributed by atoms with Crippen LogP contribution in [-0.4, -0.2) is 46.4 Å². The van der Waals surface area contributed by atoms with Crippen LogP contribution in [0.15, 0.2) is 23.5 Å². The summed E-state index contributed by atoms with van der Waals surface area (Å²) in [7, 11) is 0. The highest BCUT2D eigenvalue weighted by Crippen LogP contribution is 2.21. The number of aromatic nitrogens is 1. The molecule has 25 heavy (non-hydrogen) atoms. The Hall–Kier alpha value is -2.90. The molecule has 0 atom stereocenters. The molecule has 8 nitrogen and oxygen atoms in total. The Kier molecular flexibility index (Phi) is 7.10. The molecule has 0 aromatic carbocycles. The Morgan fingerprint density at radius 2 is 2.12 bits per heavy atom. The molecule has 0 aliphatic rings. The number of carbonyl (C=O) groups excluding carboxylic acids is 1. The highest BCUT2D eigenvalue weighted by molar-refractivity contribution is 6.10. The lowest BCUT2D eigenvalue weighted by molar-refractivity contribution is -0.146. The lowest BCUT2D eigenvalue weighted by Gasteiger charge is -2.19. The Morgan fingerprint density at radius 3 is 2.64 bits per heavy atom. The van der Waals surface area contributed by atoms with Crippen LogP contribution < -0.4 is 11.1 Å². The van der Waals surface area contributed by atoms with Crippen LogP contribution >= 0.6 is 0 Å². The zero-order valence-corrected chi connectivity index (χ0v) is 14.6. The van der Waals surface area contributed by atoms with Gasteiger partial charge in [-0.3, -0.25) is 14.6 Å². The molecule has 1 heterocycles. The summed E-state index contributed by atoms with van der Waals surface area (Å²) < 4.78 is 0. The van der Waals surface area contributed by atoms with Gasteiger partial charge < -0.3 is 21.3 Å². The molecule has 8 heteroatoms. The molecule has 5 N–H and O–H groups in total. The number of nitrogens with zero attached hydrogens (tertiary/aromatic N) is 2. The van der Waals surface area contributed by atoms with Crippen molar-refractivity contribution >= 4 is 23.7 Å². The standard InChI is InChI=1S/C17H24N4O4/c1-4-5-19-8-12(7-18)11-6-13(22)14(20-9-11)15(23)21-10-17(2,3)16(24)25/h6-9,22H,4-5,10,18H2,1-3H3,(H,21,23)(H,24,25)/b12-7+,19-8?. The summed E-state index contributed by atoms with van der Waals surface area (Å²) in [6, 6.07) is 1.36. The fraction of sp³-hybridized carbons (Fsp3) is 0.412. The van der Waals surface area contributed by atoms with Crippen LogP contribution in [0.1, 0.15) is 43.2 Å². The average molecular weight is 348 g/mol. The van der Waals surface area contributed by atoms with Crippen LogP contribution in [0.3, 0.4) is 0 Å². The Balaban J connectivity index is 2.91. The third-order valence-corrected chi connectivity index (χ3v) is 3.45. The van der Waals surface area contributed by atoms with Gasteiger partial charge in [0.15, 0.2) is 5.69 Å². The molecule has 0 aliphatic carbocycles. The zero-order chi connectivity index (χ0) is 19.0. The van der Waals surface area contributed by atoms with Crippen molar-refractivity contribution in [3.8, 4) is 5.75 Å². The van der Waals surface area contributed by atoms with Gasteiger partial charge in [0.2, 0.25) is 0 Å². The van der Waals surface area contributed by atoms with E-state index in [0.717, 1.165) is 6.42 Å². The van der Waals surface area contributed by atoms with Crippen molar-refractivity contribution in [2.45, 2.75) is 27.2 Å². The van der Waals surface area contributed by atoms with E-state index in [2.05, 4.69) is 15.3 Å². The number of aromatic hydroxyl groups is 1. The summed E-state index contributed by atoms with van der Waals surface area (Å²) in [5.74, 6) is -2.02. The summed E-state index contributed by atoms with van der Waals surface area (Å²) in [6.07, 6.45) is 5.21. The fourth-order valence-electron chi connectivity index (χ4n) is 1.75. The highest BCUT2D eigenvalue weighted by atomic mass is 16.4. The van der Waals surface area contributed by atoms with Crippen LogP contribution in [0.2, 0.25) is 0 Å². The number of carboxylic acid groups (broad SMARTS) is 1. The molecule has 1 aromatic rings. The first kappa shape index (κ1) is 20.1. The Morgan fingerprint density at radius 1 is 1.44 bits per heavy atom. The molecule has 0 aliphatic heterocycles. The monoisotopic (exact) mass is 348 g/mol. The van der Waals surface area contributed by atoms with Gasteiger partial charge >= 0.3 is 5.97 Å². The van der Waals surface area contributed by atoms with Crippen molar-refractivity contribution in [2.24, 2.45) is 16.1 Å². The fourth-order valence-corrected chi connectivity index (χ4v) is 1.75. The maximum atomic E-state index is 12.1. The van der Waals surface area contributed by atoms with Crippen molar-refractivity contribution in [3.05, 3.63) is 29.7 Å². The van der Waals surface area contributed by atoms with Crippen molar-refractivity contribution in [1.82, 2.24) is 10.3 Å². The number of amides is 1. The molecule has 0 fully saturated rings. The van der Waals surface area contributed by atoms with Crippen LogP contribution in [0.25, 0.3) is 5.57 Å². The largest absolute Gasteiger partial charge is 0.505 e. The molecular formula is C17H24N4O4. The maximum absolute atomic E-state index is 12.1. The highest BCUT2D eigenvalue weighted by Gasteiger charge is 2.28. The van der Waals surface area contributed by atoms with Gasteiger partial charge in [0.1, 0.15) is 5.75 Å². The van der Waals surface area contributed by atoms with Gasteiger partial charge in [-0.15, -0.1) is 0 Å². The molecule has 136 valence electrons. The van der Waals surface area contributed by atoms with Crippen LogP contribution in [0.5, 0.6) is 5.75 Å². The van der Waals surface area contributed by atoms with Gasteiger partial charge in [0, 0.05) is 42.8 Å². The molecule has 0 saturated carbocycles. The van der Waals surface area contributed by atoms with E-state index in [1.54, 1.807) is 6.21 Å². The van der Waals surface area contributed by atoms with Gasteiger partial charge in [-0.05, 0) is 26.3 Å². The third kappa shape index (κ3) is 5.59. The van der Waals surface area contributed by atoms with E-state index >= 15 is 0 Å². The van der Waals surface area contributed by atoms with Gasteiger partial charge in [0.05, 0.1) is 5.41 Å². The maximum Gasteiger partial charge on any atom is 0.310 e. The summed E-state index contributed by atoms with van der Waals surface area (Å²) >= 11 is 0. The number of carbonyl (C=O) groups is 2. The number of hydrogen-bond acceptors (Lipinski definition) is 6. The van der Waals surface area contributed by atoms with Crippen molar-refractivity contribution in [3.63, 3.8) is 0 Å². The summed E-state index contributed by atoms with van der Waals surface area (Å²) in [5.41, 5.74) is 5.33. The minimum Gasteiger partial charge on any atom is -0.505 e. The van der Waals surface area contributed by atoms with E-state index in [9.17, 15) is 14.7 Å². The second-order valence-electron chi connectivity index (χ2n) is 6.12. The third-order valence-electron chi connectivity index (χ3n) is 3.45. The predicted octanol–water partition coefficient (Wildman–Crippen LogP) is 1.41. The number of carboxylic acids is 1. The van der Waals surface area contributed by atoms with Crippen molar-refractivity contribution in [1.29, 1.82) is 0 Å². The number of rotatable bonds is 8. The van der Waals surface area contributed by atoms with Gasteiger partial charge in [-0.2, -0.15) is 0 Å². The molecule has 1 rings (SSSR count). The number of nitrogens with two attached hydrogens (primary N) is 1. The predicted molar refractivity (Wildman–Crippen MR) is 95.5 cm³/mol. The topological polar surface area (TPSA) is 138 Å². The molecule has 0 spiro atoms. The number of aliphatic carboxylic acids is 1. The number of allylic oxidation sites excluding steroid dienone is 1. The van der Waals surface area contributed by atoms with Gasteiger partial charge in [-0.1, -0.05) is 6.92 Å². The molecule has 1 aromatic heterocycles. The van der Waals surface area contributed by atoms with Gasteiger partial charge in [0.25, 0.3) is 5.91 Å². The number of pyridine rings is 1. The van der Waals surface area contributed by atoms with Crippen LogP contribution in [0.4, 0.5) is 0 Å². The summed E-state index contributed by atoms with van der Waals surface area (Å²) in [5, 5.41) is 21.6. The van der Waals surface area contributed by atoms with E-state index in [-0.39, 0.29) is 18.0 Å². The molecule has 0 radical (unpaired) electrons. The molecule has 1 amide bonds. The molecular weight excluding hydrogens is 324 g/mol. The SMILES string of the molecule is CCCN=C/C(=C\N)c1cnc(C(=O)NCC(C)(C)C(=O)O)c(O)c1. The first-order valence-electron chi connectivity index (χ1n) is 7.85. The van der Waals surface area contributed by atoms with Gasteiger partial charge in [-0.25, -0.2) is 4.98 Å². The Labute approximate surface area is 146 Å². The van der Waals surface area contributed by atoms with Crippen molar-refractivity contribution in [2.75, 3.05) is 13.1 Å². The summed E-state index contributed by atoms with van der Waals surface area (Å²) in [4.78, 5) is 31.3. The number of aliphatic imine (C=N–C) groups is 1. The van der Waals surface area contributed by atoms with Crippen LogP contribution in [-0.2, 0) is 4.79 Å². The number of nitrogens with one attached hydrogen (secondary N) is 1. The normalized spacial score (nSPS) is 12.4. The molecule has 0 bridgehead atoms. The summed E-state index contributed by atoms with van der Waals surface area (Å²) in [6.45, 7) is 5.52. The van der Waals surface area contributed by atoms with Crippen molar-refractivity contribution < 1.29 is 19.8 Å². The minimum absolute atomic E-state index is 0.0956. The molecule has 0 unspecified atom stereocenters. The number of hydrogen-bond donors (Lipinski definition) is 4. The molecule has 0 saturated heterocycles. The van der Waals surface area contributed by atoms with E-state index in [4.69, 9.17) is 10.8 Å². The van der Waals surface area contributed by atoms with E-state index in [0.29, 0.717) is 17.7 Å². The second kappa shape index (κ2) is 8.81. The van der Waals surface area contributed by atoms with Crippen LogP contribution in [0, 0.1) is 5.41 Å². The lowest BCUT2D eigenvalue weighted by atomic mass is 9.94. The lowest BCUT2D eigenvalue weighted by Crippen LogP contribution is -2.39. The Bertz CT molecular complexity index is 696.